The fourth-order valence-corrected chi connectivity index (χ4v) is 3.99. The highest BCUT2D eigenvalue weighted by Gasteiger charge is 2.34. The monoisotopic (exact) mass is 287 g/mol. The van der Waals surface area contributed by atoms with Gasteiger partial charge in [0.2, 0.25) is 10.0 Å². The second-order valence-corrected chi connectivity index (χ2v) is 7.26. The van der Waals surface area contributed by atoms with Crippen molar-refractivity contribution in [2.45, 2.75) is 24.6 Å². The van der Waals surface area contributed by atoms with Gasteiger partial charge in [0, 0.05) is 19.0 Å². The fourth-order valence-electron chi connectivity index (χ4n) is 2.17. The van der Waals surface area contributed by atoms with E-state index in [1.807, 2.05) is 0 Å². The van der Waals surface area contributed by atoms with Gasteiger partial charge in [0.1, 0.15) is 0 Å². The minimum Gasteiger partial charge on any atom is -0.207 e. The molecule has 1 heterocycles. The predicted molar refractivity (Wildman–Crippen MR) is 73.1 cm³/mol. The predicted octanol–water partition coefficient (Wildman–Crippen LogP) is 2.70. The Morgan fingerprint density at radius 1 is 1.17 bits per heavy atom. The van der Waals surface area contributed by atoms with Crippen LogP contribution in [0.4, 0.5) is 0 Å². The molecule has 0 radical (unpaired) electrons. The molecule has 1 fully saturated rings. The van der Waals surface area contributed by atoms with E-state index in [2.05, 4.69) is 13.8 Å². The summed E-state index contributed by atoms with van der Waals surface area (Å²) >= 11 is 5.70. The van der Waals surface area contributed by atoms with Crippen molar-refractivity contribution < 1.29 is 8.42 Å². The number of rotatable bonds is 3. The fraction of sp³-hybridized carbons (Fsp3) is 0.538. The van der Waals surface area contributed by atoms with Crippen LogP contribution in [0.15, 0.2) is 29.2 Å². The summed E-state index contributed by atoms with van der Waals surface area (Å²) in [5.41, 5.74) is 0.929. The third-order valence-corrected chi connectivity index (χ3v) is 5.82. The first-order chi connectivity index (χ1) is 8.45. The van der Waals surface area contributed by atoms with Crippen LogP contribution in [-0.4, -0.2) is 25.8 Å². The normalized spacial score (nSPS) is 25.5. The van der Waals surface area contributed by atoms with Gasteiger partial charge >= 0.3 is 0 Å². The van der Waals surface area contributed by atoms with Crippen molar-refractivity contribution in [2.24, 2.45) is 11.8 Å². The molecular formula is C13H18ClNO2S. The van der Waals surface area contributed by atoms with Gasteiger partial charge in [-0.15, -0.1) is 11.6 Å². The van der Waals surface area contributed by atoms with Crippen LogP contribution in [0, 0.1) is 11.8 Å². The minimum absolute atomic E-state index is 0.359. The lowest BCUT2D eigenvalue weighted by atomic mass is 10.0. The average Bonchev–Trinajstić information content (AvgIpc) is 2.70. The van der Waals surface area contributed by atoms with Crippen LogP contribution in [0.25, 0.3) is 0 Å². The van der Waals surface area contributed by atoms with Crippen LogP contribution >= 0.6 is 11.6 Å². The van der Waals surface area contributed by atoms with Crippen molar-refractivity contribution >= 4 is 21.6 Å². The van der Waals surface area contributed by atoms with Gasteiger partial charge in [-0.05, 0) is 29.5 Å². The maximum Gasteiger partial charge on any atom is 0.243 e. The molecule has 18 heavy (non-hydrogen) atoms. The van der Waals surface area contributed by atoms with Gasteiger partial charge in [-0.1, -0.05) is 26.0 Å². The quantitative estimate of drug-likeness (QED) is 0.802. The Morgan fingerprint density at radius 3 is 2.11 bits per heavy atom. The molecule has 0 amide bonds. The Balaban J connectivity index is 2.25. The molecule has 5 heteroatoms. The lowest BCUT2D eigenvalue weighted by Crippen LogP contribution is -2.29. The van der Waals surface area contributed by atoms with Gasteiger partial charge in [-0.25, -0.2) is 8.42 Å². The summed E-state index contributed by atoms with van der Waals surface area (Å²) < 4.78 is 26.4. The van der Waals surface area contributed by atoms with E-state index in [0.29, 0.717) is 35.7 Å². The van der Waals surface area contributed by atoms with Crippen molar-refractivity contribution in [1.29, 1.82) is 0 Å². The zero-order chi connectivity index (χ0) is 13.3. The lowest BCUT2D eigenvalue weighted by Gasteiger charge is -2.16. The molecular weight excluding hydrogens is 270 g/mol. The molecule has 1 aliphatic rings. The van der Waals surface area contributed by atoms with Gasteiger partial charge in [-0.3, -0.25) is 0 Å². The third kappa shape index (κ3) is 2.56. The van der Waals surface area contributed by atoms with E-state index >= 15 is 0 Å². The van der Waals surface area contributed by atoms with Gasteiger partial charge in [0.25, 0.3) is 0 Å². The van der Waals surface area contributed by atoms with E-state index in [1.165, 1.54) is 0 Å². The van der Waals surface area contributed by atoms with Gasteiger partial charge in [0.05, 0.1) is 4.90 Å². The molecule has 3 nitrogen and oxygen atoms in total. The smallest absolute Gasteiger partial charge is 0.207 e. The van der Waals surface area contributed by atoms with Crippen molar-refractivity contribution in [1.82, 2.24) is 4.31 Å². The molecule has 1 aliphatic heterocycles. The van der Waals surface area contributed by atoms with E-state index in [1.54, 1.807) is 28.6 Å². The maximum absolute atomic E-state index is 12.4. The molecule has 0 aromatic heterocycles. The molecule has 2 unspecified atom stereocenters. The standard InChI is InChI=1S/C13H18ClNO2S/c1-10-8-15(9-11(10)2)18(16,17)13-5-3-12(7-14)4-6-13/h3-6,10-11H,7-9H2,1-2H3. The summed E-state index contributed by atoms with van der Waals surface area (Å²) in [5.74, 6) is 1.24. The van der Waals surface area contributed by atoms with Crippen molar-refractivity contribution in [3.05, 3.63) is 29.8 Å². The number of hydrogen-bond acceptors (Lipinski definition) is 2. The van der Waals surface area contributed by atoms with E-state index in [9.17, 15) is 8.42 Å². The van der Waals surface area contributed by atoms with Crippen LogP contribution in [0.5, 0.6) is 0 Å². The maximum atomic E-state index is 12.4. The highest BCUT2D eigenvalue weighted by molar-refractivity contribution is 7.89. The summed E-state index contributed by atoms with van der Waals surface area (Å²) in [4.78, 5) is 0.359. The molecule has 2 atom stereocenters. The highest BCUT2D eigenvalue weighted by atomic mass is 35.5. The van der Waals surface area contributed by atoms with Crippen molar-refractivity contribution in [3.63, 3.8) is 0 Å². The number of sulfonamides is 1. The van der Waals surface area contributed by atoms with Crippen LogP contribution in [0.3, 0.4) is 0 Å². The van der Waals surface area contributed by atoms with E-state index in [0.717, 1.165) is 5.56 Å². The van der Waals surface area contributed by atoms with Crippen LogP contribution in [0.2, 0.25) is 0 Å². The Morgan fingerprint density at radius 2 is 1.67 bits per heavy atom. The number of nitrogens with zero attached hydrogens (tertiary/aromatic N) is 1. The summed E-state index contributed by atoms with van der Waals surface area (Å²) in [6.45, 7) is 5.41. The Labute approximate surface area is 114 Å². The Hall–Kier alpha value is -0.580. The van der Waals surface area contributed by atoms with Crippen LogP contribution in [0.1, 0.15) is 19.4 Å². The molecule has 0 aliphatic carbocycles. The van der Waals surface area contributed by atoms with Crippen LogP contribution < -0.4 is 0 Å². The second-order valence-electron chi connectivity index (χ2n) is 5.05. The average molecular weight is 288 g/mol. The first-order valence-electron chi connectivity index (χ1n) is 6.10. The zero-order valence-corrected chi connectivity index (χ0v) is 12.2. The van der Waals surface area contributed by atoms with Crippen molar-refractivity contribution in [3.8, 4) is 0 Å². The van der Waals surface area contributed by atoms with Crippen molar-refractivity contribution in [2.75, 3.05) is 13.1 Å². The molecule has 1 aromatic rings. The van der Waals surface area contributed by atoms with E-state index < -0.39 is 10.0 Å². The topological polar surface area (TPSA) is 37.4 Å². The Bertz CT molecular complexity index is 502. The molecule has 1 aromatic carbocycles. The highest BCUT2D eigenvalue weighted by Crippen LogP contribution is 2.28. The summed E-state index contributed by atoms with van der Waals surface area (Å²) in [6, 6.07) is 6.81. The van der Waals surface area contributed by atoms with Gasteiger partial charge in [-0.2, -0.15) is 4.31 Å². The van der Waals surface area contributed by atoms with Crippen LogP contribution in [-0.2, 0) is 15.9 Å². The molecule has 0 saturated carbocycles. The van der Waals surface area contributed by atoms with E-state index in [-0.39, 0.29) is 0 Å². The van der Waals surface area contributed by atoms with E-state index in [4.69, 9.17) is 11.6 Å². The number of alkyl halides is 1. The second kappa shape index (κ2) is 5.19. The number of halogens is 1. The first-order valence-corrected chi connectivity index (χ1v) is 8.07. The minimum atomic E-state index is -3.34. The molecule has 2 rings (SSSR count). The molecule has 1 saturated heterocycles. The van der Waals surface area contributed by atoms with Gasteiger partial charge in [0.15, 0.2) is 0 Å². The molecule has 0 bridgehead atoms. The molecule has 100 valence electrons. The number of benzene rings is 1. The zero-order valence-electron chi connectivity index (χ0n) is 10.6. The summed E-state index contributed by atoms with van der Waals surface area (Å²) in [6.07, 6.45) is 0. The third-order valence-electron chi connectivity index (χ3n) is 3.67. The lowest BCUT2D eigenvalue weighted by molar-refractivity contribution is 0.463. The first kappa shape index (κ1) is 13.8. The Kier molecular flexibility index (Phi) is 3.99. The molecule has 0 N–H and O–H groups in total. The SMILES string of the molecule is CC1CN(S(=O)(=O)c2ccc(CCl)cc2)CC1C. The largest absolute Gasteiger partial charge is 0.243 e. The molecule has 0 spiro atoms. The van der Waals surface area contributed by atoms with Gasteiger partial charge < -0.3 is 0 Å². The number of hydrogen-bond donors (Lipinski definition) is 0. The summed E-state index contributed by atoms with van der Waals surface area (Å²) in [5, 5.41) is 0. The summed E-state index contributed by atoms with van der Waals surface area (Å²) in [7, 11) is -3.34.